The first-order valence-corrected chi connectivity index (χ1v) is 13.4. The number of ether oxygens (including phenoxy) is 3. The van der Waals surface area contributed by atoms with Crippen LogP contribution in [0.3, 0.4) is 0 Å². The summed E-state index contributed by atoms with van der Waals surface area (Å²) in [5.41, 5.74) is 3.77. The Morgan fingerprint density at radius 3 is 2.40 bits per heavy atom. The van der Waals surface area contributed by atoms with Crippen LogP contribution in [0.2, 0.25) is 0 Å². The maximum absolute atomic E-state index is 15.2. The van der Waals surface area contributed by atoms with Crippen LogP contribution in [0.25, 0.3) is 0 Å². The fraction of sp³-hybridized carbons (Fsp3) is 0.303. The molecule has 1 aliphatic carbocycles. The molecule has 0 bridgehead atoms. The zero-order chi connectivity index (χ0) is 28.2. The van der Waals surface area contributed by atoms with E-state index in [2.05, 4.69) is 0 Å². The van der Waals surface area contributed by atoms with Crippen LogP contribution in [-0.4, -0.2) is 38.3 Å². The second kappa shape index (κ2) is 11.9. The van der Waals surface area contributed by atoms with Crippen molar-refractivity contribution < 1.29 is 28.2 Å². The number of carbonyl (C=O) groups excluding carboxylic acids is 2. The zero-order valence-corrected chi connectivity index (χ0v) is 22.9. The monoisotopic (exact) mass is 541 g/mol. The van der Waals surface area contributed by atoms with Crippen molar-refractivity contribution in [2.45, 2.75) is 38.0 Å². The molecule has 1 heterocycles. The molecule has 6 nitrogen and oxygen atoms in total. The number of halogens is 1. The Bertz CT molecular complexity index is 1480. The number of methoxy groups -OCH3 is 2. The van der Waals surface area contributed by atoms with E-state index in [1.54, 1.807) is 39.3 Å². The second-order valence-electron chi connectivity index (χ2n) is 10.1. The largest absolute Gasteiger partial charge is 0.493 e. The Morgan fingerprint density at radius 2 is 1.68 bits per heavy atom. The number of hydrogen-bond acceptors (Lipinski definition) is 6. The fourth-order valence-corrected chi connectivity index (χ4v) is 5.77. The van der Waals surface area contributed by atoms with Gasteiger partial charge < -0.3 is 14.2 Å². The van der Waals surface area contributed by atoms with Crippen LogP contribution in [0.5, 0.6) is 11.5 Å². The number of nitrogens with zero attached hydrogens (tertiary/aromatic N) is 1. The third-order valence-electron chi connectivity index (χ3n) is 7.74. The highest BCUT2D eigenvalue weighted by Crippen LogP contribution is 2.48. The van der Waals surface area contributed by atoms with E-state index in [1.165, 1.54) is 6.07 Å². The Morgan fingerprint density at radius 1 is 0.950 bits per heavy atom. The lowest BCUT2D eigenvalue weighted by Crippen LogP contribution is -2.38. The maximum atomic E-state index is 15.2. The minimum absolute atomic E-state index is 0.141. The third kappa shape index (κ3) is 5.41. The van der Waals surface area contributed by atoms with Crippen molar-refractivity contribution in [2.75, 3.05) is 20.8 Å². The van der Waals surface area contributed by atoms with E-state index >= 15 is 4.39 Å². The van der Waals surface area contributed by atoms with Gasteiger partial charge in [0.2, 0.25) is 0 Å². The molecule has 0 radical (unpaired) electrons. The van der Waals surface area contributed by atoms with E-state index in [0.717, 1.165) is 11.1 Å². The van der Waals surface area contributed by atoms with Gasteiger partial charge in [-0.1, -0.05) is 54.6 Å². The summed E-state index contributed by atoms with van der Waals surface area (Å²) in [6.07, 6.45) is 1.25. The summed E-state index contributed by atoms with van der Waals surface area (Å²) in [4.78, 5) is 32.1. The van der Waals surface area contributed by atoms with Gasteiger partial charge in [0.15, 0.2) is 17.3 Å². The molecule has 0 N–H and O–H groups in total. The smallest absolute Gasteiger partial charge is 0.315 e. The third-order valence-corrected chi connectivity index (χ3v) is 7.74. The molecule has 1 unspecified atom stereocenters. The lowest BCUT2D eigenvalue weighted by atomic mass is 9.69. The van der Waals surface area contributed by atoms with Crippen LogP contribution in [0, 0.1) is 11.7 Å². The molecule has 0 saturated heterocycles. The standard InChI is InChI=1S/C33H32FNO5/c1-20-30(33(37)40-16-15-21-9-5-4-6-10-21)31(24-11-7-8-12-25(24)34)32-26(35-20)17-23(18-27(32)36)22-13-14-28(38-2)29(19-22)39-3/h4-14,19,23,30-31H,15-18H2,1-3H3/t23-,30?,31+/m0/s1. The van der Waals surface area contributed by atoms with Crippen molar-refractivity contribution in [1.29, 1.82) is 0 Å². The van der Waals surface area contributed by atoms with Crippen LogP contribution < -0.4 is 9.47 Å². The molecule has 3 aromatic rings. The number of rotatable bonds is 8. The van der Waals surface area contributed by atoms with Crippen molar-refractivity contribution in [2.24, 2.45) is 10.9 Å². The molecular weight excluding hydrogens is 509 g/mol. The first-order chi connectivity index (χ1) is 19.4. The number of allylic oxidation sites excluding steroid dienone is 2. The Labute approximate surface area is 233 Å². The number of carbonyl (C=O) groups is 2. The van der Waals surface area contributed by atoms with E-state index in [-0.39, 0.29) is 24.7 Å². The Hall–Kier alpha value is -4.26. The van der Waals surface area contributed by atoms with E-state index < -0.39 is 23.6 Å². The van der Waals surface area contributed by atoms with Crippen LogP contribution >= 0.6 is 0 Å². The molecule has 0 amide bonds. The van der Waals surface area contributed by atoms with Crippen LogP contribution in [-0.2, 0) is 20.7 Å². The summed E-state index contributed by atoms with van der Waals surface area (Å²) < 4.78 is 31.8. The van der Waals surface area contributed by atoms with Crippen LogP contribution in [0.1, 0.15) is 48.3 Å². The summed E-state index contributed by atoms with van der Waals surface area (Å²) >= 11 is 0. The number of hydrogen-bond donors (Lipinski definition) is 0. The van der Waals surface area contributed by atoms with Crippen molar-refractivity contribution in [3.05, 3.63) is 107 Å². The minimum atomic E-state index is -0.895. The van der Waals surface area contributed by atoms with Gasteiger partial charge in [0.25, 0.3) is 0 Å². The van der Waals surface area contributed by atoms with Gasteiger partial charge in [0, 0.05) is 35.7 Å². The summed E-state index contributed by atoms with van der Waals surface area (Å²) in [7, 11) is 3.14. The van der Waals surface area contributed by atoms with Gasteiger partial charge in [-0.2, -0.15) is 0 Å². The molecule has 2 aliphatic rings. The molecule has 0 aromatic heterocycles. The molecule has 7 heteroatoms. The Balaban J connectivity index is 1.47. The Kier molecular flexibility index (Phi) is 8.10. The van der Waals surface area contributed by atoms with Crippen molar-refractivity contribution in [3.8, 4) is 11.5 Å². The molecule has 206 valence electrons. The van der Waals surface area contributed by atoms with Gasteiger partial charge in [-0.25, -0.2) is 4.39 Å². The number of Topliss-reactive ketones (excluding diaryl/α,β-unsaturated/α-hetero) is 1. The zero-order valence-electron chi connectivity index (χ0n) is 22.9. The lowest BCUT2D eigenvalue weighted by molar-refractivity contribution is -0.146. The lowest BCUT2D eigenvalue weighted by Gasteiger charge is -2.36. The molecule has 0 saturated carbocycles. The van der Waals surface area contributed by atoms with E-state index in [1.807, 2.05) is 48.5 Å². The molecule has 0 fully saturated rings. The molecule has 3 atom stereocenters. The SMILES string of the molecule is COc1ccc([C@@H]2CC(=O)C3=C(C2)N=C(C)C(C(=O)OCCc2ccccc2)[C@H]3c2ccccc2F)cc1OC. The molecule has 5 rings (SSSR count). The highest BCUT2D eigenvalue weighted by atomic mass is 19.1. The first-order valence-electron chi connectivity index (χ1n) is 13.4. The maximum Gasteiger partial charge on any atom is 0.315 e. The highest BCUT2D eigenvalue weighted by Gasteiger charge is 2.45. The minimum Gasteiger partial charge on any atom is -0.493 e. The van der Waals surface area contributed by atoms with E-state index in [0.29, 0.717) is 46.9 Å². The van der Waals surface area contributed by atoms with Crippen LogP contribution in [0.4, 0.5) is 4.39 Å². The molecule has 3 aromatic carbocycles. The van der Waals surface area contributed by atoms with Gasteiger partial charge in [-0.15, -0.1) is 0 Å². The molecule has 1 aliphatic heterocycles. The predicted molar refractivity (Wildman–Crippen MR) is 150 cm³/mol. The average Bonchev–Trinajstić information content (AvgIpc) is 2.96. The van der Waals surface area contributed by atoms with Crippen LogP contribution in [0.15, 0.2) is 89.1 Å². The molecule has 0 spiro atoms. The summed E-state index contributed by atoms with van der Waals surface area (Å²) in [5.74, 6) is -1.78. The average molecular weight is 542 g/mol. The van der Waals surface area contributed by atoms with Crippen molar-refractivity contribution in [3.63, 3.8) is 0 Å². The summed E-state index contributed by atoms with van der Waals surface area (Å²) in [6, 6.07) is 21.7. The number of ketones is 1. The summed E-state index contributed by atoms with van der Waals surface area (Å²) in [6.45, 7) is 1.93. The second-order valence-corrected chi connectivity index (χ2v) is 10.1. The van der Waals surface area contributed by atoms with Gasteiger partial charge in [0.05, 0.1) is 20.8 Å². The van der Waals surface area contributed by atoms with E-state index in [4.69, 9.17) is 19.2 Å². The van der Waals surface area contributed by atoms with Gasteiger partial charge in [-0.3, -0.25) is 14.6 Å². The quantitative estimate of drug-likeness (QED) is 0.317. The fourth-order valence-electron chi connectivity index (χ4n) is 5.77. The first kappa shape index (κ1) is 27.3. The molecule has 40 heavy (non-hydrogen) atoms. The van der Waals surface area contributed by atoms with Gasteiger partial charge in [0.1, 0.15) is 11.7 Å². The predicted octanol–water partition coefficient (Wildman–Crippen LogP) is 6.20. The van der Waals surface area contributed by atoms with Gasteiger partial charge in [-0.05, 0) is 54.2 Å². The van der Waals surface area contributed by atoms with Gasteiger partial charge >= 0.3 is 5.97 Å². The van der Waals surface area contributed by atoms with Crippen molar-refractivity contribution >= 4 is 17.5 Å². The van der Waals surface area contributed by atoms with Crippen molar-refractivity contribution in [1.82, 2.24) is 0 Å². The van der Waals surface area contributed by atoms with E-state index in [9.17, 15) is 9.59 Å². The highest BCUT2D eigenvalue weighted by molar-refractivity contribution is 6.09. The number of aliphatic imine (C=N–C) groups is 1. The molecular formula is C33H32FNO5. The topological polar surface area (TPSA) is 74.2 Å². The summed E-state index contributed by atoms with van der Waals surface area (Å²) in [5, 5.41) is 0. The number of benzene rings is 3. The normalized spacial score (nSPS) is 20.4. The number of esters is 1.